The van der Waals surface area contributed by atoms with Gasteiger partial charge in [0.2, 0.25) is 0 Å². The average molecular weight is 288 g/mol. The van der Waals surface area contributed by atoms with Crippen LogP contribution in [-0.4, -0.2) is 41.7 Å². The van der Waals surface area contributed by atoms with Crippen LogP contribution in [0.4, 0.5) is 0 Å². The molecule has 2 rings (SSSR count). The van der Waals surface area contributed by atoms with Crippen LogP contribution in [0.3, 0.4) is 0 Å². The summed E-state index contributed by atoms with van der Waals surface area (Å²) < 4.78 is 0. The van der Waals surface area contributed by atoms with E-state index in [4.69, 9.17) is 5.11 Å². The average Bonchev–Trinajstić information content (AvgIpc) is 2.50. The first kappa shape index (κ1) is 15.7. The summed E-state index contributed by atoms with van der Waals surface area (Å²) in [6.07, 6.45) is 3.98. The third-order valence-electron chi connectivity index (χ3n) is 3.99. The van der Waals surface area contributed by atoms with Crippen LogP contribution < -0.4 is 5.32 Å². The van der Waals surface area contributed by atoms with E-state index in [1.54, 1.807) is 13.0 Å². The fourth-order valence-corrected chi connectivity index (χ4v) is 2.60. The van der Waals surface area contributed by atoms with Gasteiger partial charge in [-0.1, -0.05) is 36.4 Å². The van der Waals surface area contributed by atoms with Crippen LogP contribution >= 0.6 is 0 Å². The maximum absolute atomic E-state index is 10.7. The fraction of sp³-hybridized carbons (Fsp3) is 0.471. The Morgan fingerprint density at radius 2 is 2.00 bits per heavy atom. The standard InChI is InChI=1S/C17H24N2O2/c1-14(17(20)21)7-10-18-16-8-11-19(12-9-16)13-15-5-3-2-4-6-15/h2-7,16,18H,8-13H2,1H3,(H,20,21)/b14-7-. The van der Waals surface area contributed by atoms with Crippen LogP contribution in [0, 0.1) is 0 Å². The highest BCUT2D eigenvalue weighted by Crippen LogP contribution is 2.13. The number of nitrogens with zero attached hydrogens (tertiary/aromatic N) is 1. The van der Waals surface area contributed by atoms with Crippen LogP contribution in [0.5, 0.6) is 0 Å². The van der Waals surface area contributed by atoms with Gasteiger partial charge in [0.05, 0.1) is 0 Å². The van der Waals surface area contributed by atoms with Crippen molar-refractivity contribution >= 4 is 5.97 Å². The van der Waals surface area contributed by atoms with E-state index in [-0.39, 0.29) is 0 Å². The monoisotopic (exact) mass is 288 g/mol. The largest absolute Gasteiger partial charge is 0.478 e. The number of carboxylic acid groups (broad SMARTS) is 1. The van der Waals surface area contributed by atoms with Crippen molar-refractivity contribution < 1.29 is 9.90 Å². The summed E-state index contributed by atoms with van der Waals surface area (Å²) in [5, 5.41) is 12.2. The Hall–Kier alpha value is -1.65. The van der Waals surface area contributed by atoms with Crippen LogP contribution in [0.2, 0.25) is 0 Å². The second kappa shape index (κ2) is 7.96. The molecule has 1 aliphatic rings. The van der Waals surface area contributed by atoms with E-state index in [0.717, 1.165) is 32.5 Å². The molecule has 4 heteroatoms. The number of carbonyl (C=O) groups is 1. The first-order chi connectivity index (χ1) is 10.1. The van der Waals surface area contributed by atoms with Crippen molar-refractivity contribution in [2.45, 2.75) is 32.4 Å². The minimum atomic E-state index is -0.838. The van der Waals surface area contributed by atoms with Gasteiger partial charge in [-0.25, -0.2) is 4.79 Å². The van der Waals surface area contributed by atoms with Gasteiger partial charge in [0, 0.05) is 24.7 Å². The molecule has 0 atom stereocenters. The number of benzene rings is 1. The van der Waals surface area contributed by atoms with E-state index >= 15 is 0 Å². The normalized spacial score (nSPS) is 17.9. The summed E-state index contributed by atoms with van der Waals surface area (Å²) >= 11 is 0. The lowest BCUT2D eigenvalue weighted by molar-refractivity contribution is -0.132. The van der Waals surface area contributed by atoms with Crippen molar-refractivity contribution in [1.29, 1.82) is 0 Å². The summed E-state index contributed by atoms with van der Waals surface area (Å²) in [7, 11) is 0. The van der Waals surface area contributed by atoms with Gasteiger partial charge in [-0.15, -0.1) is 0 Å². The molecule has 21 heavy (non-hydrogen) atoms. The molecule has 114 valence electrons. The zero-order valence-electron chi connectivity index (χ0n) is 12.6. The lowest BCUT2D eigenvalue weighted by Gasteiger charge is -2.32. The van der Waals surface area contributed by atoms with Crippen molar-refractivity contribution in [1.82, 2.24) is 10.2 Å². The van der Waals surface area contributed by atoms with Crippen LogP contribution in [0.15, 0.2) is 42.0 Å². The van der Waals surface area contributed by atoms with E-state index in [9.17, 15) is 4.79 Å². The highest BCUT2D eigenvalue weighted by molar-refractivity contribution is 5.85. The van der Waals surface area contributed by atoms with Gasteiger partial charge >= 0.3 is 5.97 Å². The first-order valence-corrected chi connectivity index (χ1v) is 7.55. The van der Waals surface area contributed by atoms with E-state index in [2.05, 4.69) is 34.5 Å². The Labute approximate surface area is 126 Å². The minimum absolute atomic E-state index is 0.406. The molecule has 0 saturated carbocycles. The zero-order chi connectivity index (χ0) is 15.1. The van der Waals surface area contributed by atoms with Crippen molar-refractivity contribution in [3.8, 4) is 0 Å². The van der Waals surface area contributed by atoms with Gasteiger partial charge in [0.25, 0.3) is 0 Å². The van der Waals surface area contributed by atoms with Crippen molar-refractivity contribution in [3.05, 3.63) is 47.5 Å². The van der Waals surface area contributed by atoms with Gasteiger partial charge < -0.3 is 10.4 Å². The van der Waals surface area contributed by atoms with Gasteiger partial charge in [-0.2, -0.15) is 0 Å². The molecule has 4 nitrogen and oxygen atoms in total. The van der Waals surface area contributed by atoms with E-state index in [0.29, 0.717) is 18.2 Å². The molecule has 2 N–H and O–H groups in total. The van der Waals surface area contributed by atoms with Gasteiger partial charge in [0.15, 0.2) is 0 Å². The summed E-state index contributed by atoms with van der Waals surface area (Å²) in [5.74, 6) is -0.838. The molecule has 1 heterocycles. The van der Waals surface area contributed by atoms with E-state index < -0.39 is 5.97 Å². The molecule has 0 bridgehead atoms. The molecule has 1 fully saturated rings. The third kappa shape index (κ3) is 5.33. The summed E-state index contributed by atoms with van der Waals surface area (Å²) in [6.45, 7) is 5.47. The van der Waals surface area contributed by atoms with Crippen LogP contribution in [0.25, 0.3) is 0 Å². The highest BCUT2D eigenvalue weighted by atomic mass is 16.4. The Morgan fingerprint density at radius 1 is 1.33 bits per heavy atom. The molecule has 1 saturated heterocycles. The Kier molecular flexibility index (Phi) is 5.96. The smallest absolute Gasteiger partial charge is 0.330 e. The number of nitrogens with one attached hydrogen (secondary N) is 1. The molecule has 1 aliphatic heterocycles. The van der Waals surface area contributed by atoms with Gasteiger partial charge in [-0.05, 0) is 38.4 Å². The summed E-state index contributed by atoms with van der Waals surface area (Å²) in [5.41, 5.74) is 1.77. The Morgan fingerprint density at radius 3 is 2.62 bits per heavy atom. The Balaban J connectivity index is 1.69. The Bertz CT molecular complexity index is 477. The third-order valence-corrected chi connectivity index (χ3v) is 3.99. The maximum atomic E-state index is 10.7. The summed E-state index contributed by atoms with van der Waals surface area (Å²) in [4.78, 5) is 13.2. The molecular weight excluding hydrogens is 264 g/mol. The van der Waals surface area contributed by atoms with Crippen LogP contribution in [-0.2, 0) is 11.3 Å². The molecule has 0 unspecified atom stereocenters. The molecule has 0 radical (unpaired) electrons. The lowest BCUT2D eigenvalue weighted by Crippen LogP contribution is -2.42. The molecule has 0 aromatic heterocycles. The number of hydrogen-bond acceptors (Lipinski definition) is 3. The topological polar surface area (TPSA) is 52.6 Å². The molecule has 0 spiro atoms. The number of piperidine rings is 1. The molecular formula is C17H24N2O2. The fourth-order valence-electron chi connectivity index (χ4n) is 2.60. The van der Waals surface area contributed by atoms with E-state index in [1.165, 1.54) is 5.56 Å². The second-order valence-electron chi connectivity index (χ2n) is 5.64. The molecule has 0 aliphatic carbocycles. The quantitative estimate of drug-likeness (QED) is 0.789. The lowest BCUT2D eigenvalue weighted by atomic mass is 10.0. The highest BCUT2D eigenvalue weighted by Gasteiger charge is 2.18. The summed E-state index contributed by atoms with van der Waals surface area (Å²) in [6, 6.07) is 11.1. The number of rotatable bonds is 6. The predicted molar refractivity (Wildman–Crippen MR) is 84.1 cm³/mol. The number of carboxylic acids is 1. The van der Waals surface area contributed by atoms with Gasteiger partial charge in [-0.3, -0.25) is 4.90 Å². The van der Waals surface area contributed by atoms with Gasteiger partial charge in [0.1, 0.15) is 0 Å². The van der Waals surface area contributed by atoms with Crippen molar-refractivity contribution in [2.75, 3.05) is 19.6 Å². The van der Waals surface area contributed by atoms with Crippen molar-refractivity contribution in [3.63, 3.8) is 0 Å². The second-order valence-corrected chi connectivity index (χ2v) is 5.64. The minimum Gasteiger partial charge on any atom is -0.478 e. The molecule has 1 aromatic rings. The SMILES string of the molecule is C/C(=C/CNC1CCN(Cc2ccccc2)CC1)C(=O)O. The number of hydrogen-bond donors (Lipinski definition) is 2. The maximum Gasteiger partial charge on any atom is 0.330 e. The first-order valence-electron chi connectivity index (χ1n) is 7.55. The zero-order valence-corrected chi connectivity index (χ0v) is 12.6. The van der Waals surface area contributed by atoms with Crippen LogP contribution in [0.1, 0.15) is 25.3 Å². The van der Waals surface area contributed by atoms with E-state index in [1.807, 2.05) is 6.07 Å². The molecule has 0 amide bonds. The number of aliphatic carboxylic acids is 1. The van der Waals surface area contributed by atoms with Crippen molar-refractivity contribution in [2.24, 2.45) is 0 Å². The molecule has 1 aromatic carbocycles. The predicted octanol–water partition coefficient (Wildman–Crippen LogP) is 2.27. The number of likely N-dealkylation sites (tertiary alicyclic amines) is 1.